The number of methoxy groups -OCH3 is 1. The summed E-state index contributed by atoms with van der Waals surface area (Å²) >= 11 is 3.45. The second kappa shape index (κ2) is 7.38. The van der Waals surface area contributed by atoms with Gasteiger partial charge < -0.3 is 15.4 Å². The molecule has 21 heavy (non-hydrogen) atoms. The van der Waals surface area contributed by atoms with Gasteiger partial charge in [-0.1, -0.05) is 0 Å². The van der Waals surface area contributed by atoms with Crippen molar-refractivity contribution < 1.29 is 4.74 Å². The van der Waals surface area contributed by atoms with Crippen molar-refractivity contribution in [1.29, 1.82) is 0 Å². The zero-order valence-electron chi connectivity index (χ0n) is 12.6. The fraction of sp³-hybridized carbons (Fsp3) is 0.714. The first-order valence-corrected chi connectivity index (χ1v) is 8.12. The van der Waals surface area contributed by atoms with Gasteiger partial charge in [-0.2, -0.15) is 5.10 Å². The summed E-state index contributed by atoms with van der Waals surface area (Å²) in [4.78, 5) is 14.6. The van der Waals surface area contributed by atoms with Gasteiger partial charge in [0, 0.05) is 25.7 Å². The molecule has 1 aliphatic rings. The van der Waals surface area contributed by atoms with Gasteiger partial charge in [-0.15, -0.1) is 0 Å². The number of nitrogens with zero attached hydrogens (tertiary/aromatic N) is 3. The Morgan fingerprint density at radius 1 is 1.52 bits per heavy atom. The van der Waals surface area contributed by atoms with E-state index >= 15 is 0 Å². The zero-order chi connectivity index (χ0) is 15.4. The van der Waals surface area contributed by atoms with E-state index < -0.39 is 0 Å². The van der Waals surface area contributed by atoms with E-state index in [-0.39, 0.29) is 11.6 Å². The molecule has 2 unspecified atom stereocenters. The van der Waals surface area contributed by atoms with Crippen LogP contribution in [0.25, 0.3) is 0 Å². The number of halogens is 1. The van der Waals surface area contributed by atoms with E-state index in [1.54, 1.807) is 13.3 Å². The summed E-state index contributed by atoms with van der Waals surface area (Å²) in [5.41, 5.74) is 6.62. The molecule has 2 heterocycles. The second-order valence-electron chi connectivity index (χ2n) is 5.44. The first kappa shape index (κ1) is 16.5. The Bertz CT molecular complexity index is 534. The van der Waals surface area contributed by atoms with Crippen molar-refractivity contribution in [2.75, 3.05) is 25.2 Å². The number of ether oxygens (including phenoxy) is 1. The molecule has 118 valence electrons. The van der Waals surface area contributed by atoms with Crippen LogP contribution in [-0.4, -0.2) is 42.1 Å². The van der Waals surface area contributed by atoms with E-state index in [0.717, 1.165) is 18.5 Å². The highest BCUT2D eigenvalue weighted by Crippen LogP contribution is 2.31. The summed E-state index contributed by atoms with van der Waals surface area (Å²) in [6, 6.07) is 0.626. The van der Waals surface area contributed by atoms with E-state index in [1.807, 2.05) is 0 Å². The third-order valence-electron chi connectivity index (χ3n) is 4.05. The monoisotopic (exact) mass is 358 g/mol. The lowest BCUT2D eigenvalue weighted by atomic mass is 9.96. The predicted octanol–water partition coefficient (Wildman–Crippen LogP) is 1.36. The minimum absolute atomic E-state index is 0.127. The summed E-state index contributed by atoms with van der Waals surface area (Å²) in [6.45, 7) is 3.67. The van der Waals surface area contributed by atoms with Gasteiger partial charge in [0.05, 0.1) is 25.0 Å². The summed E-state index contributed by atoms with van der Waals surface area (Å²) in [5, 5.41) is 4.27. The van der Waals surface area contributed by atoms with Crippen LogP contribution in [0.1, 0.15) is 26.2 Å². The van der Waals surface area contributed by atoms with Crippen LogP contribution < -0.4 is 16.2 Å². The van der Waals surface area contributed by atoms with Gasteiger partial charge in [0.25, 0.3) is 5.56 Å². The van der Waals surface area contributed by atoms with Gasteiger partial charge in [0.2, 0.25) is 0 Å². The normalized spacial score (nSPS) is 22.6. The highest BCUT2D eigenvalue weighted by atomic mass is 79.9. The second-order valence-corrected chi connectivity index (χ2v) is 6.23. The topological polar surface area (TPSA) is 73.4 Å². The Kier molecular flexibility index (Phi) is 5.78. The standard InChI is InChI=1S/C14H23BrN4O2/c1-10-4-3-5-11(8-16)19(10)12-9-17-18(6-7-21-2)14(20)13(12)15/h9-11H,3-8,16H2,1-2H3. The van der Waals surface area contributed by atoms with Gasteiger partial charge in [-0.05, 0) is 42.1 Å². The molecule has 1 aromatic heterocycles. The highest BCUT2D eigenvalue weighted by molar-refractivity contribution is 9.10. The lowest BCUT2D eigenvalue weighted by molar-refractivity contribution is 0.181. The van der Waals surface area contributed by atoms with Crippen molar-refractivity contribution in [3.8, 4) is 0 Å². The third-order valence-corrected chi connectivity index (χ3v) is 4.80. The molecule has 0 amide bonds. The third kappa shape index (κ3) is 3.46. The molecular formula is C14H23BrN4O2. The van der Waals surface area contributed by atoms with Crippen molar-refractivity contribution in [1.82, 2.24) is 9.78 Å². The molecule has 0 aliphatic carbocycles. The number of hydrogen-bond acceptors (Lipinski definition) is 5. The molecule has 2 rings (SSSR count). The van der Waals surface area contributed by atoms with Crippen LogP contribution in [0, 0.1) is 0 Å². The average Bonchev–Trinajstić information content (AvgIpc) is 2.49. The van der Waals surface area contributed by atoms with Crippen LogP contribution >= 0.6 is 15.9 Å². The fourth-order valence-corrected chi connectivity index (χ4v) is 3.44. The largest absolute Gasteiger partial charge is 0.383 e. The molecule has 0 bridgehead atoms. The van der Waals surface area contributed by atoms with Crippen LogP contribution in [0.5, 0.6) is 0 Å². The molecule has 0 saturated carbocycles. The van der Waals surface area contributed by atoms with Crippen LogP contribution in [0.2, 0.25) is 0 Å². The SMILES string of the molecule is COCCn1ncc(N2C(C)CCCC2CN)c(Br)c1=O. The summed E-state index contributed by atoms with van der Waals surface area (Å²) in [5.74, 6) is 0. The van der Waals surface area contributed by atoms with Gasteiger partial charge in [0.1, 0.15) is 4.47 Å². The minimum atomic E-state index is -0.127. The van der Waals surface area contributed by atoms with Crippen LogP contribution in [0.3, 0.4) is 0 Å². The summed E-state index contributed by atoms with van der Waals surface area (Å²) in [6.07, 6.45) is 5.09. The predicted molar refractivity (Wildman–Crippen MR) is 86.7 cm³/mol. The summed E-state index contributed by atoms with van der Waals surface area (Å²) in [7, 11) is 1.61. The van der Waals surface area contributed by atoms with E-state index in [1.165, 1.54) is 11.1 Å². The molecule has 0 spiro atoms. The van der Waals surface area contributed by atoms with Crippen molar-refractivity contribution in [3.63, 3.8) is 0 Å². The number of aromatic nitrogens is 2. The number of piperidine rings is 1. The van der Waals surface area contributed by atoms with E-state index in [9.17, 15) is 4.79 Å². The van der Waals surface area contributed by atoms with Gasteiger partial charge in [-0.3, -0.25) is 4.79 Å². The van der Waals surface area contributed by atoms with Crippen molar-refractivity contribution >= 4 is 21.6 Å². The smallest absolute Gasteiger partial charge is 0.283 e. The Balaban J connectivity index is 2.34. The molecular weight excluding hydrogens is 336 g/mol. The van der Waals surface area contributed by atoms with E-state index in [4.69, 9.17) is 10.5 Å². The minimum Gasteiger partial charge on any atom is -0.383 e. The van der Waals surface area contributed by atoms with Crippen molar-refractivity contribution in [2.45, 2.75) is 44.8 Å². The molecule has 7 heteroatoms. The lowest BCUT2D eigenvalue weighted by Gasteiger charge is -2.42. The average molecular weight is 359 g/mol. The van der Waals surface area contributed by atoms with Crippen molar-refractivity contribution in [3.05, 3.63) is 21.0 Å². The zero-order valence-corrected chi connectivity index (χ0v) is 14.2. The van der Waals surface area contributed by atoms with E-state index in [2.05, 4.69) is 32.9 Å². The molecule has 2 N–H and O–H groups in total. The number of nitrogens with two attached hydrogens (primary N) is 1. The number of anilines is 1. The van der Waals surface area contributed by atoms with Crippen LogP contribution in [0.15, 0.2) is 15.5 Å². The Morgan fingerprint density at radius 3 is 2.95 bits per heavy atom. The highest BCUT2D eigenvalue weighted by Gasteiger charge is 2.29. The molecule has 0 radical (unpaired) electrons. The molecule has 1 fully saturated rings. The van der Waals surface area contributed by atoms with Gasteiger partial charge >= 0.3 is 0 Å². The Morgan fingerprint density at radius 2 is 2.29 bits per heavy atom. The number of rotatable bonds is 5. The van der Waals surface area contributed by atoms with Crippen molar-refractivity contribution in [2.24, 2.45) is 5.73 Å². The maximum atomic E-state index is 12.4. The molecule has 1 aromatic rings. The fourth-order valence-electron chi connectivity index (χ4n) is 2.93. The maximum Gasteiger partial charge on any atom is 0.283 e. The quantitative estimate of drug-likeness (QED) is 0.859. The Hall–Kier alpha value is -0.920. The number of hydrogen-bond donors (Lipinski definition) is 1. The Labute approximate surface area is 133 Å². The first-order chi connectivity index (χ1) is 10.1. The molecule has 1 saturated heterocycles. The van der Waals surface area contributed by atoms with Gasteiger partial charge in [0.15, 0.2) is 0 Å². The first-order valence-electron chi connectivity index (χ1n) is 7.33. The van der Waals surface area contributed by atoms with E-state index in [0.29, 0.717) is 30.2 Å². The molecule has 1 aliphatic heterocycles. The summed E-state index contributed by atoms with van der Waals surface area (Å²) < 4.78 is 6.97. The maximum absolute atomic E-state index is 12.4. The molecule has 0 aromatic carbocycles. The van der Waals surface area contributed by atoms with Crippen LogP contribution in [-0.2, 0) is 11.3 Å². The van der Waals surface area contributed by atoms with Gasteiger partial charge in [-0.25, -0.2) is 4.68 Å². The lowest BCUT2D eigenvalue weighted by Crippen LogP contribution is -2.49. The molecule has 2 atom stereocenters. The van der Waals surface area contributed by atoms with Crippen LogP contribution in [0.4, 0.5) is 5.69 Å². The molecule has 6 nitrogen and oxygen atoms in total.